The molecule has 0 spiro atoms. The molecule has 1 aromatic heterocycles. The highest BCUT2D eigenvalue weighted by Crippen LogP contribution is 2.19. The molecular formula is C14H18ClN3. The second-order valence-electron chi connectivity index (χ2n) is 4.51. The van der Waals surface area contributed by atoms with E-state index < -0.39 is 0 Å². The van der Waals surface area contributed by atoms with Crippen molar-refractivity contribution < 1.29 is 0 Å². The molecule has 0 saturated heterocycles. The lowest BCUT2D eigenvalue weighted by Gasteiger charge is -2.16. The summed E-state index contributed by atoms with van der Waals surface area (Å²) in [7, 11) is 3.96. The van der Waals surface area contributed by atoms with Crippen LogP contribution < -0.4 is 5.32 Å². The SMILES string of the molecule is CNC(Cc1ccc(Cl)cc1)c1cc(C)nn1C. The topological polar surface area (TPSA) is 29.9 Å². The fourth-order valence-corrected chi connectivity index (χ4v) is 2.29. The number of nitrogens with zero attached hydrogens (tertiary/aromatic N) is 2. The molecule has 1 N–H and O–H groups in total. The summed E-state index contributed by atoms with van der Waals surface area (Å²) in [6.07, 6.45) is 0.923. The minimum atomic E-state index is 0.261. The third-order valence-corrected chi connectivity index (χ3v) is 3.35. The Morgan fingerprint density at radius 3 is 2.50 bits per heavy atom. The molecule has 96 valence electrons. The molecule has 0 amide bonds. The smallest absolute Gasteiger partial charge is 0.0597 e. The van der Waals surface area contributed by atoms with Gasteiger partial charge in [0.25, 0.3) is 0 Å². The Balaban J connectivity index is 2.19. The van der Waals surface area contributed by atoms with E-state index in [-0.39, 0.29) is 6.04 Å². The molecular weight excluding hydrogens is 246 g/mol. The summed E-state index contributed by atoms with van der Waals surface area (Å²) in [4.78, 5) is 0. The summed E-state index contributed by atoms with van der Waals surface area (Å²) < 4.78 is 1.94. The molecule has 0 aliphatic carbocycles. The van der Waals surface area contributed by atoms with Gasteiger partial charge in [-0.05, 0) is 44.2 Å². The van der Waals surface area contributed by atoms with Gasteiger partial charge >= 0.3 is 0 Å². The quantitative estimate of drug-likeness (QED) is 0.919. The Morgan fingerprint density at radius 2 is 2.00 bits per heavy atom. The summed E-state index contributed by atoms with van der Waals surface area (Å²) in [5.74, 6) is 0. The van der Waals surface area contributed by atoms with Crippen LogP contribution in [0.15, 0.2) is 30.3 Å². The van der Waals surface area contributed by atoms with Gasteiger partial charge in [-0.2, -0.15) is 5.10 Å². The molecule has 4 heteroatoms. The van der Waals surface area contributed by atoms with Crippen molar-refractivity contribution in [1.29, 1.82) is 0 Å². The van der Waals surface area contributed by atoms with Crippen LogP contribution in [0.2, 0.25) is 5.02 Å². The zero-order chi connectivity index (χ0) is 13.1. The molecule has 0 aliphatic rings. The summed E-state index contributed by atoms with van der Waals surface area (Å²) in [5, 5.41) is 8.51. The van der Waals surface area contributed by atoms with Crippen LogP contribution in [0.5, 0.6) is 0 Å². The van der Waals surface area contributed by atoms with E-state index in [9.17, 15) is 0 Å². The molecule has 0 aliphatic heterocycles. The molecule has 3 nitrogen and oxygen atoms in total. The number of benzene rings is 1. The largest absolute Gasteiger partial charge is 0.311 e. The van der Waals surface area contributed by atoms with E-state index in [1.165, 1.54) is 11.3 Å². The first-order valence-electron chi connectivity index (χ1n) is 6.02. The Morgan fingerprint density at radius 1 is 1.33 bits per heavy atom. The fourth-order valence-electron chi connectivity index (χ4n) is 2.17. The molecule has 0 fully saturated rings. The number of likely N-dealkylation sites (N-methyl/N-ethyl adjacent to an activating group) is 1. The third kappa shape index (κ3) is 2.92. The number of halogens is 1. The van der Waals surface area contributed by atoms with Crippen molar-refractivity contribution in [3.8, 4) is 0 Å². The van der Waals surface area contributed by atoms with E-state index >= 15 is 0 Å². The Labute approximate surface area is 113 Å². The van der Waals surface area contributed by atoms with E-state index in [0.29, 0.717) is 0 Å². The van der Waals surface area contributed by atoms with Gasteiger partial charge in [-0.15, -0.1) is 0 Å². The maximum atomic E-state index is 5.90. The Hall–Kier alpha value is -1.32. The van der Waals surface area contributed by atoms with Gasteiger partial charge in [-0.25, -0.2) is 0 Å². The summed E-state index contributed by atoms with van der Waals surface area (Å²) in [6, 6.07) is 10.4. The number of aryl methyl sites for hydroxylation is 2. The van der Waals surface area contributed by atoms with Gasteiger partial charge in [0.15, 0.2) is 0 Å². The average molecular weight is 264 g/mol. The normalized spacial score (nSPS) is 12.7. The molecule has 1 heterocycles. The number of aromatic nitrogens is 2. The van der Waals surface area contributed by atoms with E-state index in [2.05, 4.69) is 28.6 Å². The van der Waals surface area contributed by atoms with Crippen LogP contribution in [-0.2, 0) is 13.5 Å². The second-order valence-corrected chi connectivity index (χ2v) is 4.94. The molecule has 0 bridgehead atoms. The molecule has 1 atom stereocenters. The summed E-state index contributed by atoms with van der Waals surface area (Å²) >= 11 is 5.90. The van der Waals surface area contributed by atoms with Crippen molar-refractivity contribution in [3.63, 3.8) is 0 Å². The predicted molar refractivity (Wildman–Crippen MR) is 74.9 cm³/mol. The average Bonchev–Trinajstić information content (AvgIpc) is 2.68. The lowest BCUT2D eigenvalue weighted by Crippen LogP contribution is -2.21. The first-order valence-corrected chi connectivity index (χ1v) is 6.40. The number of hydrogen-bond acceptors (Lipinski definition) is 2. The number of rotatable bonds is 4. The van der Waals surface area contributed by atoms with Crippen LogP contribution in [-0.4, -0.2) is 16.8 Å². The maximum absolute atomic E-state index is 5.90. The fraction of sp³-hybridized carbons (Fsp3) is 0.357. The maximum Gasteiger partial charge on any atom is 0.0597 e. The highest BCUT2D eigenvalue weighted by atomic mass is 35.5. The van der Waals surface area contributed by atoms with Crippen LogP contribution in [0.1, 0.15) is 23.0 Å². The van der Waals surface area contributed by atoms with Crippen molar-refractivity contribution in [2.45, 2.75) is 19.4 Å². The van der Waals surface area contributed by atoms with Crippen LogP contribution in [0, 0.1) is 6.92 Å². The monoisotopic (exact) mass is 263 g/mol. The number of hydrogen-bond donors (Lipinski definition) is 1. The van der Waals surface area contributed by atoms with Crippen molar-refractivity contribution in [3.05, 3.63) is 52.3 Å². The summed E-state index contributed by atoms with van der Waals surface area (Å²) in [5.41, 5.74) is 3.51. The molecule has 2 rings (SSSR count). The van der Waals surface area contributed by atoms with Gasteiger partial charge in [-0.3, -0.25) is 4.68 Å². The minimum absolute atomic E-state index is 0.261. The molecule has 2 aromatic rings. The number of nitrogens with one attached hydrogen (secondary N) is 1. The van der Waals surface area contributed by atoms with Crippen LogP contribution >= 0.6 is 11.6 Å². The Bertz CT molecular complexity index is 516. The lowest BCUT2D eigenvalue weighted by atomic mass is 10.0. The Kier molecular flexibility index (Phi) is 4.04. The minimum Gasteiger partial charge on any atom is -0.311 e. The van der Waals surface area contributed by atoms with Gasteiger partial charge in [0.1, 0.15) is 0 Å². The van der Waals surface area contributed by atoms with Crippen molar-refractivity contribution in [2.75, 3.05) is 7.05 Å². The van der Waals surface area contributed by atoms with Gasteiger partial charge < -0.3 is 5.32 Å². The third-order valence-electron chi connectivity index (χ3n) is 3.10. The zero-order valence-corrected chi connectivity index (χ0v) is 11.7. The van der Waals surface area contributed by atoms with Crippen molar-refractivity contribution >= 4 is 11.6 Å². The van der Waals surface area contributed by atoms with Crippen LogP contribution in [0.25, 0.3) is 0 Å². The molecule has 0 radical (unpaired) electrons. The zero-order valence-electron chi connectivity index (χ0n) is 10.9. The van der Waals surface area contributed by atoms with E-state index in [0.717, 1.165) is 17.1 Å². The lowest BCUT2D eigenvalue weighted by molar-refractivity contribution is 0.537. The second kappa shape index (κ2) is 5.55. The molecule has 1 unspecified atom stereocenters. The molecule has 0 saturated carbocycles. The van der Waals surface area contributed by atoms with E-state index in [1.807, 2.05) is 37.8 Å². The highest BCUT2D eigenvalue weighted by molar-refractivity contribution is 6.30. The van der Waals surface area contributed by atoms with E-state index in [4.69, 9.17) is 11.6 Å². The van der Waals surface area contributed by atoms with Crippen molar-refractivity contribution in [1.82, 2.24) is 15.1 Å². The molecule has 18 heavy (non-hydrogen) atoms. The van der Waals surface area contributed by atoms with Gasteiger partial charge in [-0.1, -0.05) is 23.7 Å². The summed E-state index contributed by atoms with van der Waals surface area (Å²) in [6.45, 7) is 2.01. The highest BCUT2D eigenvalue weighted by Gasteiger charge is 2.14. The standard InChI is InChI=1S/C14H18ClN3/c1-10-8-14(18(3)17-10)13(16-2)9-11-4-6-12(15)7-5-11/h4-8,13,16H,9H2,1-3H3. The van der Waals surface area contributed by atoms with E-state index in [1.54, 1.807) is 0 Å². The first-order chi connectivity index (χ1) is 8.60. The van der Waals surface area contributed by atoms with Crippen LogP contribution in [0.3, 0.4) is 0 Å². The van der Waals surface area contributed by atoms with Gasteiger partial charge in [0, 0.05) is 12.1 Å². The van der Waals surface area contributed by atoms with Crippen molar-refractivity contribution in [2.24, 2.45) is 7.05 Å². The predicted octanol–water partition coefficient (Wildman–Crippen LogP) is 2.89. The van der Waals surface area contributed by atoms with Crippen LogP contribution in [0.4, 0.5) is 0 Å². The van der Waals surface area contributed by atoms with Gasteiger partial charge in [0.05, 0.1) is 17.4 Å². The van der Waals surface area contributed by atoms with Gasteiger partial charge in [0.2, 0.25) is 0 Å². The molecule has 1 aromatic carbocycles. The first kappa shape index (κ1) is 13.1.